The van der Waals surface area contributed by atoms with E-state index in [0.29, 0.717) is 0 Å². The summed E-state index contributed by atoms with van der Waals surface area (Å²) in [5.41, 5.74) is 8.45. The summed E-state index contributed by atoms with van der Waals surface area (Å²) in [6.07, 6.45) is 0. The summed E-state index contributed by atoms with van der Waals surface area (Å²) < 4.78 is 4.82. The van der Waals surface area contributed by atoms with E-state index >= 15 is 0 Å². The smallest absolute Gasteiger partial charge is 0.0957 e. The Morgan fingerprint density at radius 3 is 1.39 bits per heavy atom. The minimum atomic E-state index is 1.17. The van der Waals surface area contributed by atoms with Crippen LogP contribution in [0, 0.1) is 0 Å². The van der Waals surface area contributed by atoms with Crippen molar-refractivity contribution in [3.63, 3.8) is 0 Å². The molecule has 33 heavy (non-hydrogen) atoms. The molecule has 0 radical (unpaired) electrons. The molecule has 0 saturated carbocycles. The van der Waals surface area contributed by atoms with E-state index < -0.39 is 0 Å². The molecule has 3 nitrogen and oxygen atoms in total. The highest BCUT2D eigenvalue weighted by Gasteiger charge is 2.32. The lowest BCUT2D eigenvalue weighted by molar-refractivity contribution is 0.872. The fourth-order valence-corrected chi connectivity index (χ4v) is 5.72. The van der Waals surface area contributed by atoms with Gasteiger partial charge in [-0.1, -0.05) is 78.9 Å². The van der Waals surface area contributed by atoms with Crippen LogP contribution in [0.15, 0.2) is 115 Å². The minimum absolute atomic E-state index is 1.17. The van der Waals surface area contributed by atoms with Crippen molar-refractivity contribution < 1.29 is 0 Å². The number of rotatable bonds is 1. The maximum atomic E-state index is 2.44. The Morgan fingerprint density at radius 2 is 0.818 bits per heavy atom. The van der Waals surface area contributed by atoms with Crippen molar-refractivity contribution in [1.29, 1.82) is 0 Å². The lowest BCUT2D eigenvalue weighted by atomic mass is 9.99. The molecule has 5 aromatic rings. The number of hydrogen-bond donors (Lipinski definition) is 0. The zero-order chi connectivity index (χ0) is 21.5. The molecule has 0 N–H and O–H groups in total. The molecule has 5 aromatic carbocycles. The third kappa shape index (κ3) is 2.05. The van der Waals surface area contributed by atoms with Crippen molar-refractivity contribution >= 4 is 55.0 Å². The zero-order valence-corrected chi connectivity index (χ0v) is 17.8. The summed E-state index contributed by atoms with van der Waals surface area (Å²) in [7, 11) is 0. The molecule has 0 spiro atoms. The van der Waals surface area contributed by atoms with E-state index in [2.05, 4.69) is 130 Å². The van der Waals surface area contributed by atoms with Gasteiger partial charge in [-0.3, -0.25) is 0 Å². The van der Waals surface area contributed by atoms with Gasteiger partial charge in [-0.05, 0) is 36.4 Å². The lowest BCUT2D eigenvalue weighted by Crippen LogP contribution is -2.32. The van der Waals surface area contributed by atoms with Gasteiger partial charge in [0.15, 0.2) is 0 Å². The van der Waals surface area contributed by atoms with E-state index in [-0.39, 0.29) is 0 Å². The van der Waals surface area contributed by atoms with Crippen molar-refractivity contribution in [2.75, 3.05) is 5.01 Å². The molecule has 0 fully saturated rings. The Hall–Kier alpha value is -4.50. The predicted octanol–water partition coefficient (Wildman–Crippen LogP) is 7.81. The van der Waals surface area contributed by atoms with Crippen LogP contribution in [0.25, 0.3) is 49.3 Å². The molecule has 0 aliphatic carbocycles. The molecule has 8 rings (SSSR count). The first kappa shape index (κ1) is 17.1. The van der Waals surface area contributed by atoms with Crippen molar-refractivity contribution in [3.05, 3.63) is 115 Å². The van der Waals surface area contributed by atoms with E-state index in [0.717, 1.165) is 0 Å². The molecule has 3 heteroatoms. The summed E-state index contributed by atoms with van der Waals surface area (Å²) in [6, 6.07) is 41.6. The number of anilines is 2. The number of aromatic nitrogens is 2. The van der Waals surface area contributed by atoms with Gasteiger partial charge in [0.1, 0.15) is 0 Å². The fourth-order valence-electron chi connectivity index (χ4n) is 5.72. The first-order valence-corrected chi connectivity index (χ1v) is 11.3. The van der Waals surface area contributed by atoms with Gasteiger partial charge in [0.25, 0.3) is 0 Å². The van der Waals surface area contributed by atoms with Crippen LogP contribution in [0.4, 0.5) is 11.4 Å². The second kappa shape index (κ2) is 6.05. The van der Waals surface area contributed by atoms with Crippen LogP contribution in [0.5, 0.6) is 0 Å². The topological polar surface area (TPSA) is 13.1 Å². The SMILES string of the molecule is c1ccc(-n2c3cccc4c3N3c5c(cccc52)c2ccccc2n3c2ccccc42)cc1. The van der Waals surface area contributed by atoms with Crippen molar-refractivity contribution in [3.8, 4) is 5.69 Å². The van der Waals surface area contributed by atoms with Crippen LogP contribution in [0.2, 0.25) is 0 Å². The fraction of sp³-hybridized carbons (Fsp3) is 0. The molecule has 154 valence electrons. The molecule has 3 aliphatic heterocycles. The van der Waals surface area contributed by atoms with Crippen molar-refractivity contribution in [1.82, 2.24) is 9.24 Å². The van der Waals surface area contributed by atoms with E-state index in [9.17, 15) is 0 Å². The number of hydrogen-bond acceptors (Lipinski definition) is 1. The predicted molar refractivity (Wildman–Crippen MR) is 138 cm³/mol. The quantitative estimate of drug-likeness (QED) is 0.263. The van der Waals surface area contributed by atoms with Gasteiger partial charge in [-0.2, -0.15) is 0 Å². The third-order valence-corrected chi connectivity index (χ3v) is 6.99. The van der Waals surface area contributed by atoms with Gasteiger partial charge in [-0.25, -0.2) is 9.69 Å². The Balaban J connectivity index is 1.79. The maximum Gasteiger partial charge on any atom is 0.0957 e. The molecule has 0 aromatic heterocycles. The van der Waals surface area contributed by atoms with E-state index in [1.165, 1.54) is 60.7 Å². The Morgan fingerprint density at radius 1 is 0.364 bits per heavy atom. The molecule has 3 aliphatic rings. The Labute approximate surface area is 190 Å². The van der Waals surface area contributed by atoms with E-state index in [1.54, 1.807) is 0 Å². The summed E-state index contributed by atoms with van der Waals surface area (Å²) in [6.45, 7) is 0. The van der Waals surface area contributed by atoms with Crippen LogP contribution in [0.1, 0.15) is 0 Å². The normalized spacial score (nSPS) is 12.8. The second-order valence-corrected chi connectivity index (χ2v) is 8.68. The van der Waals surface area contributed by atoms with Gasteiger partial charge >= 0.3 is 0 Å². The highest BCUT2D eigenvalue weighted by molar-refractivity contribution is 6.20. The lowest BCUT2D eigenvalue weighted by Gasteiger charge is -2.40. The average Bonchev–Trinajstić information content (AvgIpc) is 2.89. The molecule has 0 unspecified atom stereocenters. The van der Waals surface area contributed by atoms with Crippen LogP contribution >= 0.6 is 0 Å². The van der Waals surface area contributed by atoms with Gasteiger partial charge in [-0.15, -0.1) is 0 Å². The summed E-state index contributed by atoms with van der Waals surface area (Å²) >= 11 is 0. The van der Waals surface area contributed by atoms with Gasteiger partial charge < -0.3 is 4.57 Å². The standard InChI is InChI=1S/C30H19N3/c1-2-10-20(11-3-1)31-27-18-8-14-23-21-12-4-6-16-25(21)32-26-17-7-5-13-22(26)24-15-9-19-28(31)30(24)33(32)29(23)27/h1-19H. The zero-order valence-electron chi connectivity index (χ0n) is 17.8. The Kier molecular flexibility index (Phi) is 3.14. The summed E-state index contributed by atoms with van der Waals surface area (Å²) in [4.78, 5) is 0. The molecular weight excluding hydrogens is 402 g/mol. The monoisotopic (exact) mass is 421 g/mol. The molecular formula is C30H19N3. The third-order valence-electron chi connectivity index (χ3n) is 6.99. The second-order valence-electron chi connectivity index (χ2n) is 8.68. The molecule has 0 amide bonds. The number of nitrogens with zero attached hydrogens (tertiary/aromatic N) is 3. The van der Waals surface area contributed by atoms with Crippen LogP contribution < -0.4 is 5.01 Å². The Bertz CT molecular complexity index is 1760. The molecule has 0 atom stereocenters. The minimum Gasteiger partial charge on any atom is -0.306 e. The first-order chi connectivity index (χ1) is 16.4. The first-order valence-electron chi connectivity index (χ1n) is 11.3. The largest absolute Gasteiger partial charge is 0.306 e. The van der Waals surface area contributed by atoms with Crippen LogP contribution in [-0.4, -0.2) is 9.24 Å². The highest BCUT2D eigenvalue weighted by Crippen LogP contribution is 2.50. The molecule has 3 heterocycles. The van der Waals surface area contributed by atoms with Gasteiger partial charge in [0, 0.05) is 27.2 Å². The van der Waals surface area contributed by atoms with E-state index in [1.807, 2.05) is 0 Å². The highest BCUT2D eigenvalue weighted by atomic mass is 15.6. The summed E-state index contributed by atoms with van der Waals surface area (Å²) in [5, 5.41) is 7.49. The van der Waals surface area contributed by atoms with Crippen LogP contribution in [0.3, 0.4) is 0 Å². The van der Waals surface area contributed by atoms with Crippen molar-refractivity contribution in [2.24, 2.45) is 0 Å². The average molecular weight is 422 g/mol. The number of fused-ring (bicyclic) bond motifs is 6. The number of para-hydroxylation sites is 5. The number of benzene rings is 5. The van der Waals surface area contributed by atoms with Gasteiger partial charge in [0.05, 0.1) is 33.4 Å². The molecule has 0 bridgehead atoms. The summed E-state index contributed by atoms with van der Waals surface area (Å²) in [5.74, 6) is 0. The van der Waals surface area contributed by atoms with Crippen LogP contribution in [-0.2, 0) is 0 Å². The van der Waals surface area contributed by atoms with Crippen molar-refractivity contribution in [2.45, 2.75) is 0 Å². The maximum absolute atomic E-state index is 2.44. The van der Waals surface area contributed by atoms with E-state index in [4.69, 9.17) is 0 Å². The molecule has 0 saturated heterocycles. The van der Waals surface area contributed by atoms with Gasteiger partial charge in [0.2, 0.25) is 0 Å².